The lowest BCUT2D eigenvalue weighted by Crippen LogP contribution is -2.39. The summed E-state index contributed by atoms with van der Waals surface area (Å²) < 4.78 is 25.4. The van der Waals surface area contributed by atoms with Gasteiger partial charge in [-0.3, -0.25) is 0 Å². The normalized spacial score (nSPS) is 15.3. The van der Waals surface area contributed by atoms with Crippen LogP contribution in [0.2, 0.25) is 0 Å². The number of nitrogens with one attached hydrogen (secondary N) is 1. The Bertz CT molecular complexity index is 479. The van der Waals surface area contributed by atoms with Crippen LogP contribution in [0.25, 0.3) is 0 Å². The first kappa shape index (κ1) is 14.9. The minimum absolute atomic E-state index is 0.0403. The Labute approximate surface area is 108 Å². The number of phenolic OH excluding ortho intramolecular Hbond substituents is 1. The van der Waals surface area contributed by atoms with Crippen LogP contribution in [-0.4, -0.2) is 30.9 Å². The fraction of sp³-hybridized carbons (Fsp3) is 0.500. The first-order chi connectivity index (χ1) is 8.27. The maximum absolute atomic E-state index is 11.5. The Morgan fingerprint density at radius 3 is 2.33 bits per heavy atom. The van der Waals surface area contributed by atoms with Gasteiger partial charge in [0, 0.05) is 6.54 Å². The molecule has 0 amide bonds. The van der Waals surface area contributed by atoms with E-state index < -0.39 is 15.6 Å². The second-order valence-corrected chi connectivity index (χ2v) is 6.39. The molecular weight excluding hydrogens is 254 g/mol. The monoisotopic (exact) mass is 273 g/mol. The maximum Gasteiger partial charge on any atom is 0.211 e. The van der Waals surface area contributed by atoms with Crippen molar-refractivity contribution < 1.29 is 18.6 Å². The molecule has 6 heteroatoms. The molecule has 1 aromatic carbocycles. The van der Waals surface area contributed by atoms with Crippen LogP contribution < -0.4 is 4.72 Å². The van der Waals surface area contributed by atoms with Crippen LogP contribution in [0, 0.1) is 0 Å². The summed E-state index contributed by atoms with van der Waals surface area (Å²) in [5, 5.41) is 19.4. The number of aliphatic hydroxyl groups is 1. The van der Waals surface area contributed by atoms with Crippen LogP contribution in [0.5, 0.6) is 5.75 Å². The summed E-state index contributed by atoms with van der Waals surface area (Å²) in [6.07, 6.45) is 0.524. The second kappa shape index (κ2) is 5.69. The number of aromatic hydroxyl groups is 1. The average Bonchev–Trinajstić information content (AvgIpc) is 2.27. The van der Waals surface area contributed by atoms with Crippen LogP contribution in [0.4, 0.5) is 0 Å². The van der Waals surface area contributed by atoms with E-state index in [2.05, 4.69) is 4.72 Å². The molecule has 0 heterocycles. The molecule has 0 aliphatic rings. The van der Waals surface area contributed by atoms with Gasteiger partial charge in [-0.25, -0.2) is 13.1 Å². The van der Waals surface area contributed by atoms with Crippen LogP contribution in [0.1, 0.15) is 25.8 Å². The molecule has 3 N–H and O–H groups in total. The van der Waals surface area contributed by atoms with Crippen molar-refractivity contribution in [3.05, 3.63) is 29.8 Å². The zero-order chi connectivity index (χ0) is 13.8. The van der Waals surface area contributed by atoms with Crippen LogP contribution >= 0.6 is 0 Å². The molecule has 102 valence electrons. The van der Waals surface area contributed by atoms with E-state index in [1.54, 1.807) is 19.1 Å². The van der Waals surface area contributed by atoms with E-state index >= 15 is 0 Å². The predicted molar refractivity (Wildman–Crippen MR) is 69.8 cm³/mol. The summed E-state index contributed by atoms with van der Waals surface area (Å²) in [5.74, 6) is 0.139. The highest BCUT2D eigenvalue weighted by Crippen LogP contribution is 2.22. The van der Waals surface area contributed by atoms with Gasteiger partial charge in [-0.1, -0.05) is 19.1 Å². The van der Waals surface area contributed by atoms with Gasteiger partial charge in [0.25, 0.3) is 0 Å². The molecule has 0 fully saturated rings. The largest absolute Gasteiger partial charge is 0.508 e. The third-order valence-electron chi connectivity index (χ3n) is 2.60. The molecule has 0 spiro atoms. The van der Waals surface area contributed by atoms with Crippen molar-refractivity contribution in [2.24, 2.45) is 0 Å². The number of hydrogen-bond donors (Lipinski definition) is 3. The van der Waals surface area contributed by atoms with E-state index in [0.717, 1.165) is 0 Å². The first-order valence-corrected chi connectivity index (χ1v) is 7.41. The second-order valence-electron chi connectivity index (χ2n) is 4.46. The van der Waals surface area contributed by atoms with Crippen molar-refractivity contribution in [1.82, 2.24) is 4.72 Å². The molecule has 5 nitrogen and oxygen atoms in total. The fourth-order valence-corrected chi connectivity index (χ4v) is 2.70. The van der Waals surface area contributed by atoms with Gasteiger partial charge in [0.2, 0.25) is 10.0 Å². The minimum Gasteiger partial charge on any atom is -0.508 e. The average molecular weight is 273 g/mol. The highest BCUT2D eigenvalue weighted by Gasteiger charge is 2.25. The molecule has 0 bridgehead atoms. The summed E-state index contributed by atoms with van der Waals surface area (Å²) in [6, 6.07) is 6.02. The van der Waals surface area contributed by atoms with Crippen molar-refractivity contribution in [3.8, 4) is 5.75 Å². The lowest BCUT2D eigenvalue weighted by atomic mass is 9.96. The standard InChI is InChI=1S/C12H19NO4S/c1-3-8-18(16,17)13-9-12(2,15)10-4-6-11(14)7-5-10/h4-7,13-15H,3,8-9H2,1-2H3. The molecule has 18 heavy (non-hydrogen) atoms. The fourth-order valence-electron chi connectivity index (χ4n) is 1.51. The molecule has 1 unspecified atom stereocenters. The molecule has 1 rings (SSSR count). The molecule has 0 aromatic heterocycles. The Kier molecular flexibility index (Phi) is 4.72. The van der Waals surface area contributed by atoms with Crippen LogP contribution in [0.15, 0.2) is 24.3 Å². The molecular formula is C12H19NO4S. The number of benzene rings is 1. The summed E-state index contributed by atoms with van der Waals surface area (Å²) in [6.45, 7) is 3.20. The van der Waals surface area contributed by atoms with Gasteiger partial charge in [-0.05, 0) is 31.0 Å². The number of rotatable bonds is 6. The topological polar surface area (TPSA) is 86.6 Å². The van der Waals surface area contributed by atoms with Crippen molar-refractivity contribution >= 4 is 10.0 Å². The molecule has 1 aromatic rings. The van der Waals surface area contributed by atoms with Gasteiger partial charge in [0.05, 0.1) is 5.75 Å². The first-order valence-electron chi connectivity index (χ1n) is 5.76. The van der Waals surface area contributed by atoms with E-state index in [0.29, 0.717) is 12.0 Å². The Balaban J connectivity index is 2.73. The predicted octanol–water partition coefficient (Wildman–Crippen LogP) is 0.929. The SMILES string of the molecule is CCCS(=O)(=O)NCC(C)(O)c1ccc(O)cc1. The smallest absolute Gasteiger partial charge is 0.211 e. The Morgan fingerprint density at radius 1 is 1.28 bits per heavy atom. The Morgan fingerprint density at radius 2 is 1.83 bits per heavy atom. The number of hydrogen-bond acceptors (Lipinski definition) is 4. The van der Waals surface area contributed by atoms with Gasteiger partial charge in [-0.2, -0.15) is 0 Å². The van der Waals surface area contributed by atoms with E-state index in [1.165, 1.54) is 19.1 Å². The van der Waals surface area contributed by atoms with E-state index in [1.807, 2.05) is 0 Å². The highest BCUT2D eigenvalue weighted by molar-refractivity contribution is 7.89. The number of phenols is 1. The third-order valence-corrected chi connectivity index (χ3v) is 4.13. The lowest BCUT2D eigenvalue weighted by molar-refractivity contribution is 0.0627. The maximum atomic E-state index is 11.5. The Hall–Kier alpha value is -1.11. The van der Waals surface area contributed by atoms with Crippen LogP contribution in [0.3, 0.4) is 0 Å². The van der Waals surface area contributed by atoms with Crippen molar-refractivity contribution in [3.63, 3.8) is 0 Å². The van der Waals surface area contributed by atoms with Gasteiger partial charge in [0.1, 0.15) is 11.4 Å². The van der Waals surface area contributed by atoms with Crippen molar-refractivity contribution in [1.29, 1.82) is 0 Å². The van der Waals surface area contributed by atoms with Gasteiger partial charge < -0.3 is 10.2 Å². The minimum atomic E-state index is -3.34. The van der Waals surface area contributed by atoms with E-state index in [4.69, 9.17) is 5.11 Å². The zero-order valence-electron chi connectivity index (χ0n) is 10.5. The van der Waals surface area contributed by atoms with Gasteiger partial charge >= 0.3 is 0 Å². The molecule has 0 aliphatic carbocycles. The third kappa shape index (κ3) is 4.29. The highest BCUT2D eigenvalue weighted by atomic mass is 32.2. The van der Waals surface area contributed by atoms with Gasteiger partial charge in [0.15, 0.2) is 0 Å². The quantitative estimate of drug-likeness (QED) is 0.719. The summed E-state index contributed by atoms with van der Waals surface area (Å²) in [4.78, 5) is 0. The molecule has 0 aliphatic heterocycles. The van der Waals surface area contributed by atoms with Gasteiger partial charge in [-0.15, -0.1) is 0 Å². The van der Waals surface area contributed by atoms with Crippen LogP contribution in [-0.2, 0) is 15.6 Å². The summed E-state index contributed by atoms with van der Waals surface area (Å²) in [7, 11) is -3.34. The van der Waals surface area contributed by atoms with Crippen molar-refractivity contribution in [2.75, 3.05) is 12.3 Å². The summed E-state index contributed by atoms with van der Waals surface area (Å²) in [5.41, 5.74) is -0.770. The van der Waals surface area contributed by atoms with Crippen molar-refractivity contribution in [2.45, 2.75) is 25.9 Å². The van der Waals surface area contributed by atoms with E-state index in [-0.39, 0.29) is 18.0 Å². The number of sulfonamides is 1. The molecule has 0 saturated carbocycles. The molecule has 0 saturated heterocycles. The zero-order valence-corrected chi connectivity index (χ0v) is 11.4. The summed E-state index contributed by atoms with van der Waals surface area (Å²) >= 11 is 0. The molecule has 1 atom stereocenters. The van der Waals surface area contributed by atoms with E-state index in [9.17, 15) is 13.5 Å². The lowest BCUT2D eigenvalue weighted by Gasteiger charge is -2.24. The molecule has 0 radical (unpaired) electrons.